The molecule has 1 rings (SSSR count). The molecule has 0 saturated heterocycles. The number of nitrogens with two attached hydrogens (primary N) is 1. The SMILES string of the molecule is N=C(N)c1cc([N+](=O)[O-])ccn1. The first-order valence-corrected chi connectivity index (χ1v) is 3.06. The van der Waals surface area contributed by atoms with Crippen LogP contribution in [0.15, 0.2) is 18.3 Å². The summed E-state index contributed by atoms with van der Waals surface area (Å²) < 4.78 is 0. The largest absolute Gasteiger partial charge is 0.382 e. The number of nitro groups is 1. The summed E-state index contributed by atoms with van der Waals surface area (Å²) >= 11 is 0. The summed E-state index contributed by atoms with van der Waals surface area (Å²) in [6.45, 7) is 0. The summed E-state index contributed by atoms with van der Waals surface area (Å²) in [4.78, 5) is 13.3. The van der Waals surface area contributed by atoms with Crippen molar-refractivity contribution >= 4 is 11.5 Å². The molecule has 0 aliphatic carbocycles. The maximum atomic E-state index is 10.2. The zero-order chi connectivity index (χ0) is 9.14. The van der Waals surface area contributed by atoms with Gasteiger partial charge in [-0.1, -0.05) is 0 Å². The number of rotatable bonds is 2. The van der Waals surface area contributed by atoms with Gasteiger partial charge < -0.3 is 5.73 Å². The smallest absolute Gasteiger partial charge is 0.273 e. The van der Waals surface area contributed by atoms with Crippen LogP contribution in [0.1, 0.15) is 5.69 Å². The van der Waals surface area contributed by atoms with Crippen molar-refractivity contribution in [2.75, 3.05) is 0 Å². The van der Waals surface area contributed by atoms with Crippen molar-refractivity contribution < 1.29 is 4.92 Å². The fourth-order valence-electron chi connectivity index (χ4n) is 0.680. The number of hydrogen-bond donors (Lipinski definition) is 2. The second-order valence-corrected chi connectivity index (χ2v) is 2.07. The minimum Gasteiger partial charge on any atom is -0.382 e. The van der Waals surface area contributed by atoms with E-state index in [0.29, 0.717) is 0 Å². The number of amidine groups is 1. The van der Waals surface area contributed by atoms with E-state index >= 15 is 0 Å². The number of hydrogen-bond acceptors (Lipinski definition) is 4. The van der Waals surface area contributed by atoms with Crippen molar-refractivity contribution in [3.05, 3.63) is 34.1 Å². The number of aromatic nitrogens is 1. The lowest BCUT2D eigenvalue weighted by Gasteiger charge is -1.95. The molecular weight excluding hydrogens is 160 g/mol. The van der Waals surface area contributed by atoms with E-state index in [1.54, 1.807) is 0 Å². The van der Waals surface area contributed by atoms with E-state index < -0.39 is 4.92 Å². The first-order valence-electron chi connectivity index (χ1n) is 3.06. The highest BCUT2D eigenvalue weighted by molar-refractivity contribution is 5.93. The van der Waals surface area contributed by atoms with E-state index in [9.17, 15) is 10.1 Å². The highest BCUT2D eigenvalue weighted by Crippen LogP contribution is 2.09. The van der Waals surface area contributed by atoms with E-state index in [4.69, 9.17) is 11.1 Å². The molecule has 1 aromatic heterocycles. The third-order valence-corrected chi connectivity index (χ3v) is 1.23. The van der Waals surface area contributed by atoms with Crippen molar-refractivity contribution in [3.63, 3.8) is 0 Å². The maximum Gasteiger partial charge on any atom is 0.273 e. The fraction of sp³-hybridized carbons (Fsp3) is 0. The maximum absolute atomic E-state index is 10.2. The molecule has 0 aromatic carbocycles. The second-order valence-electron chi connectivity index (χ2n) is 2.07. The Labute approximate surface area is 67.7 Å². The summed E-state index contributed by atoms with van der Waals surface area (Å²) in [6.07, 6.45) is 1.24. The Bertz CT molecular complexity index is 307. The lowest BCUT2D eigenvalue weighted by molar-refractivity contribution is -0.384. The Morgan fingerprint density at radius 1 is 1.75 bits per heavy atom. The van der Waals surface area contributed by atoms with Crippen LogP contribution in [0.25, 0.3) is 0 Å². The summed E-state index contributed by atoms with van der Waals surface area (Å²) in [5.74, 6) is -0.279. The van der Waals surface area contributed by atoms with Gasteiger partial charge in [0, 0.05) is 18.3 Å². The van der Waals surface area contributed by atoms with Gasteiger partial charge in [0.25, 0.3) is 5.69 Å². The van der Waals surface area contributed by atoms with Crippen LogP contribution < -0.4 is 5.73 Å². The van der Waals surface area contributed by atoms with Crippen LogP contribution in [0.4, 0.5) is 5.69 Å². The van der Waals surface area contributed by atoms with Gasteiger partial charge in [0.2, 0.25) is 0 Å². The van der Waals surface area contributed by atoms with Crippen molar-refractivity contribution in [1.82, 2.24) is 4.98 Å². The van der Waals surface area contributed by atoms with Crippen molar-refractivity contribution in [2.24, 2.45) is 5.73 Å². The zero-order valence-electron chi connectivity index (χ0n) is 6.02. The minimum absolute atomic E-state index is 0.115. The highest BCUT2D eigenvalue weighted by atomic mass is 16.6. The third-order valence-electron chi connectivity index (χ3n) is 1.23. The predicted molar refractivity (Wildman–Crippen MR) is 41.9 cm³/mol. The van der Waals surface area contributed by atoms with Gasteiger partial charge in [-0.2, -0.15) is 0 Å². The molecular formula is C6H6N4O2. The monoisotopic (exact) mass is 166 g/mol. The molecule has 6 nitrogen and oxygen atoms in total. The molecule has 0 spiro atoms. The standard InChI is InChI=1S/C6H6N4O2/c7-6(8)5-3-4(10(11)12)1-2-9-5/h1-3H,(H3,7,8). The molecule has 0 saturated carbocycles. The molecule has 0 atom stereocenters. The van der Waals surface area contributed by atoms with E-state index in [1.165, 1.54) is 12.3 Å². The van der Waals surface area contributed by atoms with E-state index in [0.717, 1.165) is 6.07 Å². The lowest BCUT2D eigenvalue weighted by atomic mass is 10.3. The van der Waals surface area contributed by atoms with Gasteiger partial charge >= 0.3 is 0 Å². The number of nitrogens with zero attached hydrogens (tertiary/aromatic N) is 2. The molecule has 0 aliphatic rings. The average Bonchev–Trinajstić information content (AvgIpc) is 2.04. The molecule has 3 N–H and O–H groups in total. The first kappa shape index (κ1) is 8.12. The zero-order valence-corrected chi connectivity index (χ0v) is 6.02. The average molecular weight is 166 g/mol. The highest BCUT2D eigenvalue weighted by Gasteiger charge is 2.07. The molecule has 1 aromatic rings. The Morgan fingerprint density at radius 3 is 2.92 bits per heavy atom. The lowest BCUT2D eigenvalue weighted by Crippen LogP contribution is -2.13. The van der Waals surface area contributed by atoms with Crippen molar-refractivity contribution in [1.29, 1.82) is 5.41 Å². The molecule has 0 amide bonds. The molecule has 0 bridgehead atoms. The Balaban J connectivity index is 3.12. The third kappa shape index (κ3) is 1.54. The quantitative estimate of drug-likeness (QED) is 0.284. The van der Waals surface area contributed by atoms with Crippen LogP contribution in [-0.2, 0) is 0 Å². The fourth-order valence-corrected chi connectivity index (χ4v) is 0.680. The Hall–Kier alpha value is -1.98. The topological polar surface area (TPSA) is 106 Å². The Kier molecular flexibility index (Phi) is 2.00. The van der Waals surface area contributed by atoms with Gasteiger partial charge in [-0.3, -0.25) is 20.5 Å². The van der Waals surface area contributed by atoms with Crippen LogP contribution in [0.2, 0.25) is 0 Å². The van der Waals surface area contributed by atoms with Gasteiger partial charge in [0.05, 0.1) is 4.92 Å². The van der Waals surface area contributed by atoms with Gasteiger partial charge in [0.15, 0.2) is 0 Å². The summed E-state index contributed by atoms with van der Waals surface area (Å²) in [7, 11) is 0. The number of pyridine rings is 1. The second kappa shape index (κ2) is 2.95. The van der Waals surface area contributed by atoms with Gasteiger partial charge in [-0.05, 0) is 0 Å². The molecule has 1 heterocycles. The molecule has 0 unspecified atom stereocenters. The molecule has 0 aliphatic heterocycles. The van der Waals surface area contributed by atoms with Crippen LogP contribution in [-0.4, -0.2) is 15.7 Å². The van der Waals surface area contributed by atoms with Gasteiger partial charge in [0.1, 0.15) is 11.5 Å². The van der Waals surface area contributed by atoms with Gasteiger partial charge in [-0.25, -0.2) is 0 Å². The van der Waals surface area contributed by atoms with Crippen molar-refractivity contribution in [3.8, 4) is 0 Å². The van der Waals surface area contributed by atoms with E-state index in [2.05, 4.69) is 4.98 Å². The van der Waals surface area contributed by atoms with Crippen molar-refractivity contribution in [2.45, 2.75) is 0 Å². The summed E-state index contributed by atoms with van der Waals surface area (Å²) in [6, 6.07) is 2.40. The predicted octanol–water partition coefficient (Wildman–Crippen LogP) is 0.274. The van der Waals surface area contributed by atoms with Crippen LogP contribution >= 0.6 is 0 Å². The molecule has 12 heavy (non-hydrogen) atoms. The van der Waals surface area contributed by atoms with Crippen LogP contribution in [0, 0.1) is 15.5 Å². The molecule has 0 fully saturated rings. The molecule has 0 radical (unpaired) electrons. The van der Waals surface area contributed by atoms with Gasteiger partial charge in [-0.15, -0.1) is 0 Å². The van der Waals surface area contributed by atoms with Crippen LogP contribution in [0.5, 0.6) is 0 Å². The normalized spacial score (nSPS) is 9.33. The molecule has 6 heteroatoms. The van der Waals surface area contributed by atoms with E-state index in [1.807, 2.05) is 0 Å². The van der Waals surface area contributed by atoms with E-state index in [-0.39, 0.29) is 17.2 Å². The summed E-state index contributed by atoms with van der Waals surface area (Å²) in [5.41, 5.74) is 5.08. The minimum atomic E-state index is -0.561. The number of nitrogens with one attached hydrogen (secondary N) is 1. The molecule has 62 valence electrons. The number of nitrogen functional groups attached to an aromatic ring is 1. The van der Waals surface area contributed by atoms with Crippen LogP contribution in [0.3, 0.4) is 0 Å². The first-order chi connectivity index (χ1) is 5.61. The Morgan fingerprint density at radius 2 is 2.42 bits per heavy atom. The summed E-state index contributed by atoms with van der Waals surface area (Å²) in [5, 5.41) is 17.2.